The molecule has 0 radical (unpaired) electrons. The van der Waals surface area contributed by atoms with Crippen molar-refractivity contribution in [1.82, 2.24) is 5.32 Å². The number of amides is 1. The van der Waals surface area contributed by atoms with E-state index in [4.69, 9.17) is 5.73 Å². The molecule has 130 valence electrons. The predicted octanol–water partition coefficient (Wildman–Crippen LogP) is 1.40. The van der Waals surface area contributed by atoms with Crippen LogP contribution in [-0.2, 0) is 26.5 Å². The van der Waals surface area contributed by atoms with Gasteiger partial charge in [0.05, 0.1) is 11.8 Å². The minimum atomic E-state index is -3.09. The molecule has 0 aromatic heterocycles. The van der Waals surface area contributed by atoms with Gasteiger partial charge in [-0.05, 0) is 29.4 Å². The van der Waals surface area contributed by atoms with Gasteiger partial charge in [-0.2, -0.15) is 0 Å². The van der Waals surface area contributed by atoms with Gasteiger partial charge in [-0.1, -0.05) is 45.0 Å². The summed E-state index contributed by atoms with van der Waals surface area (Å²) < 4.78 is 22.1. The molecule has 1 aromatic carbocycles. The molecule has 0 aliphatic heterocycles. The molecular weight excluding hydrogens is 312 g/mol. The van der Waals surface area contributed by atoms with Gasteiger partial charge < -0.3 is 11.1 Å². The first-order chi connectivity index (χ1) is 10.5. The number of hydrogen-bond donors (Lipinski definition) is 2. The van der Waals surface area contributed by atoms with Gasteiger partial charge in [0.25, 0.3) is 0 Å². The average molecular weight is 340 g/mol. The number of nitrogens with one attached hydrogen (secondary N) is 1. The van der Waals surface area contributed by atoms with Crippen molar-refractivity contribution in [3.8, 4) is 0 Å². The molecule has 0 aliphatic rings. The topological polar surface area (TPSA) is 89.3 Å². The first-order valence-corrected chi connectivity index (χ1v) is 9.85. The van der Waals surface area contributed by atoms with Crippen LogP contribution in [0.5, 0.6) is 0 Å². The quantitative estimate of drug-likeness (QED) is 0.785. The van der Waals surface area contributed by atoms with Crippen LogP contribution < -0.4 is 11.1 Å². The van der Waals surface area contributed by atoms with Gasteiger partial charge in [-0.25, -0.2) is 8.42 Å². The Labute approximate surface area is 139 Å². The van der Waals surface area contributed by atoms with E-state index in [0.29, 0.717) is 6.54 Å². The molecule has 0 saturated carbocycles. The second-order valence-electron chi connectivity index (χ2n) is 7.01. The van der Waals surface area contributed by atoms with E-state index in [1.54, 1.807) is 0 Å². The van der Waals surface area contributed by atoms with Gasteiger partial charge in [0.15, 0.2) is 0 Å². The summed E-state index contributed by atoms with van der Waals surface area (Å²) in [5.41, 5.74) is 8.23. The van der Waals surface area contributed by atoms with Crippen molar-refractivity contribution in [2.24, 2.45) is 5.73 Å². The van der Waals surface area contributed by atoms with E-state index in [9.17, 15) is 13.2 Å². The Morgan fingerprint density at radius 3 is 2.26 bits per heavy atom. The van der Waals surface area contributed by atoms with Crippen molar-refractivity contribution in [3.05, 3.63) is 35.4 Å². The molecular formula is C17H28N2O3S. The Morgan fingerprint density at radius 2 is 1.78 bits per heavy atom. The lowest BCUT2D eigenvalue weighted by atomic mass is 9.86. The van der Waals surface area contributed by atoms with Crippen molar-refractivity contribution < 1.29 is 13.2 Å². The Balaban J connectivity index is 2.40. The maximum Gasteiger partial charge on any atom is 0.236 e. The average Bonchev–Trinajstić information content (AvgIpc) is 2.43. The first kappa shape index (κ1) is 19.6. The largest absolute Gasteiger partial charge is 0.354 e. The molecule has 0 bridgehead atoms. The summed E-state index contributed by atoms with van der Waals surface area (Å²) in [6.45, 7) is 6.99. The highest BCUT2D eigenvalue weighted by atomic mass is 32.2. The van der Waals surface area contributed by atoms with Crippen LogP contribution in [0.2, 0.25) is 0 Å². The minimum Gasteiger partial charge on any atom is -0.354 e. The highest BCUT2D eigenvalue weighted by Crippen LogP contribution is 2.22. The second-order valence-corrected chi connectivity index (χ2v) is 9.27. The fraction of sp³-hybridized carbons (Fsp3) is 0.588. The molecule has 1 atom stereocenters. The standard InChI is InChI=1S/C17H28N2O3S/c1-17(2,3)14-7-5-13(6-8-14)9-11-19-16(20)15(18)10-12-23(4,21)22/h5-8,15H,9-12,18H2,1-4H3,(H,19,20). The van der Waals surface area contributed by atoms with Crippen LogP contribution in [0.3, 0.4) is 0 Å². The fourth-order valence-corrected chi connectivity index (χ4v) is 2.79. The van der Waals surface area contributed by atoms with E-state index < -0.39 is 15.9 Å². The molecule has 1 rings (SSSR count). The van der Waals surface area contributed by atoms with Gasteiger partial charge in [0.2, 0.25) is 5.91 Å². The van der Waals surface area contributed by atoms with Crippen LogP contribution in [0.1, 0.15) is 38.3 Å². The van der Waals surface area contributed by atoms with Gasteiger partial charge in [0, 0.05) is 12.8 Å². The van der Waals surface area contributed by atoms with E-state index >= 15 is 0 Å². The molecule has 0 spiro atoms. The molecule has 0 fully saturated rings. The Hall–Kier alpha value is -1.40. The predicted molar refractivity (Wildman–Crippen MR) is 94.2 cm³/mol. The van der Waals surface area contributed by atoms with Gasteiger partial charge >= 0.3 is 0 Å². The number of nitrogens with two attached hydrogens (primary N) is 1. The number of carbonyl (C=O) groups excluding carboxylic acids is 1. The molecule has 6 heteroatoms. The third-order valence-electron chi connectivity index (χ3n) is 3.67. The molecule has 0 heterocycles. The van der Waals surface area contributed by atoms with Gasteiger partial charge in [0.1, 0.15) is 9.84 Å². The lowest BCUT2D eigenvalue weighted by Gasteiger charge is -2.19. The monoisotopic (exact) mass is 340 g/mol. The second kappa shape index (κ2) is 7.93. The summed E-state index contributed by atoms with van der Waals surface area (Å²) >= 11 is 0. The third-order valence-corrected chi connectivity index (χ3v) is 4.65. The zero-order valence-electron chi connectivity index (χ0n) is 14.4. The molecule has 23 heavy (non-hydrogen) atoms. The SMILES string of the molecule is CC(C)(C)c1ccc(CCNC(=O)C(N)CCS(C)(=O)=O)cc1. The zero-order chi connectivity index (χ0) is 17.7. The molecule has 3 N–H and O–H groups in total. The van der Waals surface area contributed by atoms with E-state index in [1.807, 2.05) is 0 Å². The van der Waals surface area contributed by atoms with Crippen molar-refractivity contribution >= 4 is 15.7 Å². The van der Waals surface area contributed by atoms with E-state index in [1.165, 1.54) is 5.56 Å². The minimum absolute atomic E-state index is 0.0736. The number of carbonyl (C=O) groups is 1. The maximum absolute atomic E-state index is 11.8. The molecule has 1 aromatic rings. The molecule has 0 aliphatic carbocycles. The van der Waals surface area contributed by atoms with E-state index in [2.05, 4.69) is 50.4 Å². The highest BCUT2D eigenvalue weighted by Gasteiger charge is 2.16. The Morgan fingerprint density at radius 1 is 1.22 bits per heavy atom. The van der Waals surface area contributed by atoms with Crippen molar-refractivity contribution in [3.63, 3.8) is 0 Å². The fourth-order valence-electron chi connectivity index (χ4n) is 2.10. The first-order valence-electron chi connectivity index (χ1n) is 7.79. The summed E-state index contributed by atoms with van der Waals surface area (Å²) in [4.78, 5) is 11.8. The number of rotatable bonds is 7. The summed E-state index contributed by atoms with van der Waals surface area (Å²) in [7, 11) is -3.09. The summed E-state index contributed by atoms with van der Waals surface area (Å²) in [5.74, 6) is -0.379. The van der Waals surface area contributed by atoms with Crippen LogP contribution in [0.25, 0.3) is 0 Å². The third kappa shape index (κ3) is 7.61. The Bertz CT molecular complexity index is 616. The van der Waals surface area contributed by atoms with Gasteiger partial charge in [-0.3, -0.25) is 4.79 Å². The summed E-state index contributed by atoms with van der Waals surface area (Å²) in [5, 5.41) is 2.75. The van der Waals surface area contributed by atoms with Crippen LogP contribution in [0, 0.1) is 0 Å². The van der Waals surface area contributed by atoms with E-state index in [-0.39, 0.29) is 23.5 Å². The highest BCUT2D eigenvalue weighted by molar-refractivity contribution is 7.90. The number of benzene rings is 1. The lowest BCUT2D eigenvalue weighted by Crippen LogP contribution is -2.42. The van der Waals surface area contributed by atoms with Crippen molar-refractivity contribution in [2.75, 3.05) is 18.6 Å². The van der Waals surface area contributed by atoms with Crippen molar-refractivity contribution in [2.45, 2.75) is 45.1 Å². The zero-order valence-corrected chi connectivity index (χ0v) is 15.2. The van der Waals surface area contributed by atoms with E-state index in [0.717, 1.165) is 18.2 Å². The molecule has 5 nitrogen and oxygen atoms in total. The van der Waals surface area contributed by atoms with Crippen molar-refractivity contribution in [1.29, 1.82) is 0 Å². The molecule has 0 saturated heterocycles. The normalized spacial score (nSPS) is 13.6. The number of hydrogen-bond acceptors (Lipinski definition) is 4. The summed E-state index contributed by atoms with van der Waals surface area (Å²) in [6, 6.07) is 7.56. The van der Waals surface area contributed by atoms with Crippen LogP contribution in [0.4, 0.5) is 0 Å². The number of sulfone groups is 1. The lowest BCUT2D eigenvalue weighted by molar-refractivity contribution is -0.122. The smallest absolute Gasteiger partial charge is 0.236 e. The summed E-state index contributed by atoms with van der Waals surface area (Å²) in [6.07, 6.45) is 2.00. The van der Waals surface area contributed by atoms with Crippen LogP contribution in [0.15, 0.2) is 24.3 Å². The molecule has 1 unspecified atom stereocenters. The molecule has 1 amide bonds. The van der Waals surface area contributed by atoms with Crippen LogP contribution >= 0.6 is 0 Å². The van der Waals surface area contributed by atoms with Gasteiger partial charge in [-0.15, -0.1) is 0 Å². The van der Waals surface area contributed by atoms with Crippen LogP contribution in [-0.4, -0.2) is 38.9 Å². The maximum atomic E-state index is 11.8. The Kier molecular flexibility index (Phi) is 6.77.